The van der Waals surface area contributed by atoms with Crippen LogP contribution in [-0.2, 0) is 14.4 Å². The fraction of sp³-hybridized carbons (Fsp3) is 0.750. The minimum absolute atomic E-state index is 0.0247. The van der Waals surface area contributed by atoms with E-state index in [0.717, 1.165) is 0 Å². The fourth-order valence-corrected chi connectivity index (χ4v) is 0. The topological polar surface area (TPSA) is 51.2 Å². The number of carbonyl (C=O) groups is 3. The summed E-state index contributed by atoms with van der Waals surface area (Å²) in [4.78, 5) is 30.3. The van der Waals surface area contributed by atoms with Crippen molar-refractivity contribution in [1.29, 1.82) is 0 Å². The van der Waals surface area contributed by atoms with Crippen LogP contribution in [0.15, 0.2) is 0 Å². The van der Waals surface area contributed by atoms with E-state index in [9.17, 15) is 14.4 Å². The van der Waals surface area contributed by atoms with Gasteiger partial charge in [0.1, 0.15) is 17.3 Å². The van der Waals surface area contributed by atoms with Gasteiger partial charge in [-0.2, -0.15) is 0 Å². The van der Waals surface area contributed by atoms with E-state index in [1.165, 1.54) is 6.92 Å². The van der Waals surface area contributed by atoms with Gasteiger partial charge in [0.2, 0.25) is 0 Å². The molecule has 0 bridgehead atoms. The lowest BCUT2D eigenvalue weighted by molar-refractivity contribution is -0.117. The van der Waals surface area contributed by atoms with Crippen molar-refractivity contribution in [2.45, 2.75) is 55.7 Å². The standard InChI is InChI=1S/C4H7BrO.C4H7ClO.C4H7IO/c3*1-3(5)4(2)6/h3*3H,1-2H3. The molecule has 18 heavy (non-hydrogen) atoms. The van der Waals surface area contributed by atoms with Crippen LogP contribution in [-0.4, -0.2) is 31.5 Å². The molecule has 0 N–H and O–H groups in total. The van der Waals surface area contributed by atoms with Gasteiger partial charge in [-0.05, 0) is 41.5 Å². The maximum absolute atomic E-state index is 10.1. The SMILES string of the molecule is CC(=O)C(C)Br.CC(=O)C(C)Cl.CC(=O)C(C)I. The summed E-state index contributed by atoms with van der Waals surface area (Å²) in [5.74, 6) is 0.447. The minimum Gasteiger partial charge on any atom is -0.299 e. The van der Waals surface area contributed by atoms with E-state index in [0.29, 0.717) is 0 Å². The molecule has 0 fully saturated rings. The minimum atomic E-state index is -0.315. The van der Waals surface area contributed by atoms with Crippen LogP contribution in [0.25, 0.3) is 0 Å². The number of carbonyl (C=O) groups excluding carboxylic acids is 3. The Labute approximate surface area is 137 Å². The molecule has 0 aliphatic heterocycles. The smallest absolute Gasteiger partial charge is 0.147 e. The van der Waals surface area contributed by atoms with Crippen LogP contribution >= 0.6 is 50.1 Å². The third-order valence-electron chi connectivity index (χ3n) is 1.68. The molecule has 0 spiro atoms. The quantitative estimate of drug-likeness (QED) is 0.478. The van der Waals surface area contributed by atoms with E-state index in [4.69, 9.17) is 11.6 Å². The lowest BCUT2D eigenvalue weighted by atomic mass is 10.3. The number of Topliss-reactive ketones (excluding diaryl/α,β-unsaturated/α-hetero) is 3. The van der Waals surface area contributed by atoms with Crippen LogP contribution in [0.1, 0.15) is 41.5 Å². The lowest BCUT2D eigenvalue weighted by Crippen LogP contribution is -2.02. The van der Waals surface area contributed by atoms with Gasteiger partial charge < -0.3 is 0 Å². The molecule has 0 aliphatic carbocycles. The molecule has 0 radical (unpaired) electrons. The summed E-state index contributed by atoms with van der Waals surface area (Å²) in [6.45, 7) is 9.96. The van der Waals surface area contributed by atoms with E-state index < -0.39 is 0 Å². The molecule has 0 heterocycles. The van der Waals surface area contributed by atoms with Crippen molar-refractivity contribution in [1.82, 2.24) is 0 Å². The first-order valence-corrected chi connectivity index (χ1v) is 7.96. The van der Waals surface area contributed by atoms with Gasteiger partial charge in [0, 0.05) is 0 Å². The summed E-state index contributed by atoms with van der Waals surface area (Å²) in [7, 11) is 0. The van der Waals surface area contributed by atoms with Crippen molar-refractivity contribution >= 4 is 67.5 Å². The second kappa shape index (κ2) is 13.9. The van der Waals surface area contributed by atoms with E-state index in [-0.39, 0.29) is 31.5 Å². The Bertz CT molecular complexity index is 223. The van der Waals surface area contributed by atoms with Crippen molar-refractivity contribution in [3.8, 4) is 0 Å². The summed E-state index contributed by atoms with van der Waals surface area (Å²) in [6, 6.07) is 0. The van der Waals surface area contributed by atoms with Gasteiger partial charge in [-0.15, -0.1) is 11.6 Å². The van der Waals surface area contributed by atoms with Crippen molar-refractivity contribution < 1.29 is 14.4 Å². The maximum atomic E-state index is 10.1. The van der Waals surface area contributed by atoms with Gasteiger partial charge in [0.25, 0.3) is 0 Å². The molecular formula is C12H21BrClIO3. The molecule has 0 aromatic heterocycles. The highest BCUT2D eigenvalue weighted by molar-refractivity contribution is 14.1. The van der Waals surface area contributed by atoms with E-state index in [1.54, 1.807) is 20.8 Å². The lowest BCUT2D eigenvalue weighted by Gasteiger charge is -1.88. The average molecular weight is 456 g/mol. The van der Waals surface area contributed by atoms with Gasteiger partial charge in [-0.25, -0.2) is 0 Å². The van der Waals surface area contributed by atoms with E-state index in [1.807, 2.05) is 13.8 Å². The Hall–Kier alpha value is 0.510. The van der Waals surface area contributed by atoms with Crippen LogP contribution in [0.2, 0.25) is 0 Å². The zero-order chi connectivity index (χ0) is 15.5. The molecule has 0 amide bonds. The first kappa shape index (κ1) is 23.6. The highest BCUT2D eigenvalue weighted by atomic mass is 127. The second-order valence-electron chi connectivity index (χ2n) is 3.68. The molecule has 3 nitrogen and oxygen atoms in total. The number of ketones is 3. The van der Waals surface area contributed by atoms with Gasteiger partial charge >= 0.3 is 0 Å². The number of rotatable bonds is 3. The Morgan fingerprint density at radius 2 is 1.11 bits per heavy atom. The second-order valence-corrected chi connectivity index (χ2v) is 7.58. The van der Waals surface area contributed by atoms with E-state index >= 15 is 0 Å². The van der Waals surface area contributed by atoms with Crippen LogP contribution in [0.5, 0.6) is 0 Å². The van der Waals surface area contributed by atoms with E-state index in [2.05, 4.69) is 38.5 Å². The monoisotopic (exact) mass is 454 g/mol. The molecule has 0 aliphatic rings. The maximum Gasteiger partial charge on any atom is 0.147 e. The van der Waals surface area contributed by atoms with Gasteiger partial charge in [0.15, 0.2) is 0 Å². The van der Waals surface area contributed by atoms with Crippen molar-refractivity contribution in [3.63, 3.8) is 0 Å². The van der Waals surface area contributed by atoms with Crippen molar-refractivity contribution in [2.75, 3.05) is 0 Å². The van der Waals surface area contributed by atoms with Gasteiger partial charge in [0.05, 0.1) is 14.1 Å². The van der Waals surface area contributed by atoms with Crippen molar-refractivity contribution in [3.05, 3.63) is 0 Å². The molecular weight excluding hydrogens is 434 g/mol. The summed E-state index contributed by atoms with van der Waals surface area (Å²) < 4.78 is 0.183. The third kappa shape index (κ3) is 25.4. The highest BCUT2D eigenvalue weighted by Gasteiger charge is 1.98. The number of hydrogen-bond donors (Lipinski definition) is 0. The Morgan fingerprint density at radius 3 is 1.11 bits per heavy atom. The predicted molar refractivity (Wildman–Crippen MR) is 89.2 cm³/mol. The Morgan fingerprint density at radius 1 is 0.944 bits per heavy atom. The molecule has 6 heteroatoms. The molecule has 0 saturated carbocycles. The summed E-state index contributed by atoms with van der Waals surface area (Å²) in [5.41, 5.74) is 0. The van der Waals surface area contributed by atoms with Crippen LogP contribution in [0.4, 0.5) is 0 Å². The molecule has 108 valence electrons. The number of alkyl halides is 3. The average Bonchev–Trinajstić information content (AvgIpc) is 2.18. The third-order valence-corrected chi connectivity index (χ3v) is 3.51. The Balaban J connectivity index is -0.000000187. The predicted octanol–water partition coefficient (Wildman–Crippen LogP) is 3.96. The van der Waals surface area contributed by atoms with Gasteiger partial charge in [-0.3, -0.25) is 14.4 Å². The molecule has 0 aromatic carbocycles. The fourth-order valence-electron chi connectivity index (χ4n) is 0. The highest BCUT2D eigenvalue weighted by Crippen LogP contribution is 1.97. The molecule has 0 aromatic rings. The normalized spacial score (nSPS) is 13.8. The molecule has 0 rings (SSSR count). The summed E-state index contributed by atoms with van der Waals surface area (Å²) in [5, 5.41) is -0.315. The molecule has 0 saturated heterocycles. The molecule has 3 atom stereocenters. The van der Waals surface area contributed by atoms with Crippen molar-refractivity contribution in [2.24, 2.45) is 0 Å². The number of hydrogen-bond acceptors (Lipinski definition) is 3. The van der Waals surface area contributed by atoms with Crippen LogP contribution in [0, 0.1) is 0 Å². The number of halogens is 3. The molecule has 3 unspecified atom stereocenters. The largest absolute Gasteiger partial charge is 0.299 e. The first-order valence-electron chi connectivity index (χ1n) is 5.37. The zero-order valence-electron chi connectivity index (χ0n) is 11.6. The summed E-state index contributed by atoms with van der Waals surface area (Å²) in [6.07, 6.45) is 0. The van der Waals surface area contributed by atoms with Crippen LogP contribution < -0.4 is 0 Å². The zero-order valence-corrected chi connectivity index (χ0v) is 16.1. The first-order chi connectivity index (χ1) is 7.93. The van der Waals surface area contributed by atoms with Crippen LogP contribution in [0.3, 0.4) is 0 Å². The van der Waals surface area contributed by atoms with Gasteiger partial charge in [-0.1, -0.05) is 38.5 Å². The Kier molecular flexibility index (Phi) is 18.3. The summed E-state index contributed by atoms with van der Waals surface area (Å²) >= 11 is 10.4.